The summed E-state index contributed by atoms with van der Waals surface area (Å²) < 4.78 is 5.63. The number of aliphatic carboxylic acids is 1. The Morgan fingerprint density at radius 1 is 1.50 bits per heavy atom. The standard InChI is InChI=1S/C12H11BrN2O5/c1-5(12(18)19)14-11(17)6-2-9-8(3-7(6)13)15-10(16)4-20-9/h2-3,5H,4H2,1H3,(H,14,17)(H,15,16)(H,18,19)/t5-/m1/s1. The average molecular weight is 343 g/mol. The maximum atomic E-state index is 12.0. The maximum Gasteiger partial charge on any atom is 0.325 e. The lowest BCUT2D eigenvalue weighted by atomic mass is 10.1. The zero-order valence-electron chi connectivity index (χ0n) is 10.4. The van der Waals surface area contributed by atoms with Crippen molar-refractivity contribution in [2.45, 2.75) is 13.0 Å². The molecule has 0 bridgehead atoms. The number of carboxylic acids is 1. The van der Waals surface area contributed by atoms with Crippen LogP contribution in [-0.4, -0.2) is 35.5 Å². The zero-order valence-corrected chi connectivity index (χ0v) is 12.0. The van der Waals surface area contributed by atoms with Crippen LogP contribution in [0.5, 0.6) is 5.75 Å². The second-order valence-electron chi connectivity index (χ2n) is 4.20. The van der Waals surface area contributed by atoms with Gasteiger partial charge in [-0.05, 0) is 35.0 Å². The highest BCUT2D eigenvalue weighted by atomic mass is 79.9. The molecule has 1 aromatic carbocycles. The molecule has 8 heteroatoms. The van der Waals surface area contributed by atoms with Gasteiger partial charge in [-0.1, -0.05) is 0 Å². The molecule has 2 amide bonds. The number of anilines is 1. The van der Waals surface area contributed by atoms with E-state index >= 15 is 0 Å². The molecule has 0 fully saturated rings. The first-order valence-corrected chi connectivity index (χ1v) is 6.47. The van der Waals surface area contributed by atoms with Crippen LogP contribution in [0, 0.1) is 0 Å². The normalized spacial score (nSPS) is 14.6. The summed E-state index contributed by atoms with van der Waals surface area (Å²) in [4.78, 5) is 33.9. The minimum atomic E-state index is -1.13. The Balaban J connectivity index is 2.27. The largest absolute Gasteiger partial charge is 0.482 e. The van der Waals surface area contributed by atoms with Crippen LogP contribution in [0.15, 0.2) is 16.6 Å². The fourth-order valence-corrected chi connectivity index (χ4v) is 2.13. The number of nitrogens with one attached hydrogen (secondary N) is 2. The van der Waals surface area contributed by atoms with Gasteiger partial charge in [0.2, 0.25) is 0 Å². The fraction of sp³-hybridized carbons (Fsp3) is 0.250. The first-order chi connectivity index (χ1) is 9.38. The highest BCUT2D eigenvalue weighted by Gasteiger charge is 2.22. The minimum Gasteiger partial charge on any atom is -0.482 e. The number of carboxylic acid groups (broad SMARTS) is 1. The van der Waals surface area contributed by atoms with Gasteiger partial charge in [0, 0.05) is 4.47 Å². The summed E-state index contributed by atoms with van der Waals surface area (Å²) in [5.41, 5.74) is 0.684. The SMILES string of the molecule is C[C@@H](NC(=O)c1cc2c(cc1Br)NC(=O)CO2)C(=O)O. The quantitative estimate of drug-likeness (QED) is 0.759. The van der Waals surface area contributed by atoms with E-state index in [1.807, 2.05) is 0 Å². The van der Waals surface area contributed by atoms with Gasteiger partial charge in [0.25, 0.3) is 11.8 Å². The van der Waals surface area contributed by atoms with E-state index in [1.165, 1.54) is 19.1 Å². The lowest BCUT2D eigenvalue weighted by molar-refractivity contribution is -0.138. The Kier molecular flexibility index (Phi) is 3.93. The molecule has 0 saturated carbocycles. The Morgan fingerprint density at radius 3 is 2.85 bits per heavy atom. The van der Waals surface area contributed by atoms with Crippen LogP contribution in [0.25, 0.3) is 0 Å². The van der Waals surface area contributed by atoms with Crippen molar-refractivity contribution in [3.05, 3.63) is 22.2 Å². The molecule has 1 aliphatic heterocycles. The van der Waals surface area contributed by atoms with Gasteiger partial charge < -0.3 is 20.5 Å². The molecule has 0 unspecified atom stereocenters. The van der Waals surface area contributed by atoms with Gasteiger partial charge in [0.15, 0.2) is 6.61 Å². The second-order valence-corrected chi connectivity index (χ2v) is 5.05. The molecule has 0 radical (unpaired) electrons. The molecular formula is C12H11BrN2O5. The summed E-state index contributed by atoms with van der Waals surface area (Å²) in [5, 5.41) is 13.7. The molecule has 7 nitrogen and oxygen atoms in total. The van der Waals surface area contributed by atoms with Gasteiger partial charge in [-0.3, -0.25) is 14.4 Å². The maximum absolute atomic E-state index is 12.0. The molecule has 1 aromatic rings. The van der Waals surface area contributed by atoms with Crippen LogP contribution in [0.1, 0.15) is 17.3 Å². The van der Waals surface area contributed by atoms with E-state index in [2.05, 4.69) is 26.6 Å². The summed E-state index contributed by atoms with van der Waals surface area (Å²) in [6.07, 6.45) is 0. The smallest absolute Gasteiger partial charge is 0.325 e. The van der Waals surface area contributed by atoms with E-state index in [4.69, 9.17) is 9.84 Å². The lowest BCUT2D eigenvalue weighted by Gasteiger charge is -2.19. The molecular weight excluding hydrogens is 332 g/mol. The number of carbonyl (C=O) groups excluding carboxylic acids is 2. The van der Waals surface area contributed by atoms with Crippen LogP contribution >= 0.6 is 15.9 Å². The third-order valence-electron chi connectivity index (χ3n) is 2.66. The van der Waals surface area contributed by atoms with Crippen LogP contribution in [0.3, 0.4) is 0 Å². The van der Waals surface area contributed by atoms with Gasteiger partial charge in [-0.2, -0.15) is 0 Å². The molecule has 3 N–H and O–H groups in total. The number of hydrogen-bond acceptors (Lipinski definition) is 4. The van der Waals surface area contributed by atoms with Crippen molar-refractivity contribution in [3.63, 3.8) is 0 Å². The van der Waals surface area contributed by atoms with Crippen LogP contribution in [-0.2, 0) is 9.59 Å². The van der Waals surface area contributed by atoms with Crippen LogP contribution in [0.2, 0.25) is 0 Å². The van der Waals surface area contributed by atoms with Crippen molar-refractivity contribution in [3.8, 4) is 5.75 Å². The fourth-order valence-electron chi connectivity index (χ4n) is 1.61. The third kappa shape index (κ3) is 2.90. The Labute approximate surface area is 122 Å². The summed E-state index contributed by atoms with van der Waals surface area (Å²) in [6, 6.07) is 1.97. The van der Waals surface area contributed by atoms with Crippen molar-refractivity contribution in [1.82, 2.24) is 5.32 Å². The minimum absolute atomic E-state index is 0.124. The summed E-state index contributed by atoms with van der Waals surface area (Å²) in [5.74, 6) is -1.59. The van der Waals surface area contributed by atoms with E-state index in [0.717, 1.165) is 0 Å². The molecule has 0 aromatic heterocycles. The summed E-state index contributed by atoms with van der Waals surface area (Å²) >= 11 is 3.21. The number of carbonyl (C=O) groups is 3. The molecule has 1 aliphatic rings. The molecule has 20 heavy (non-hydrogen) atoms. The van der Waals surface area contributed by atoms with Crippen LogP contribution < -0.4 is 15.4 Å². The number of rotatable bonds is 3. The first kappa shape index (κ1) is 14.3. The van der Waals surface area contributed by atoms with E-state index in [9.17, 15) is 14.4 Å². The van der Waals surface area contributed by atoms with E-state index in [0.29, 0.717) is 15.9 Å². The van der Waals surface area contributed by atoms with E-state index < -0.39 is 17.9 Å². The van der Waals surface area contributed by atoms with E-state index in [1.54, 1.807) is 0 Å². The zero-order chi connectivity index (χ0) is 14.9. The second kappa shape index (κ2) is 5.49. The predicted molar refractivity (Wildman–Crippen MR) is 72.8 cm³/mol. The van der Waals surface area contributed by atoms with Crippen molar-refractivity contribution in [2.75, 3.05) is 11.9 Å². The van der Waals surface area contributed by atoms with Crippen molar-refractivity contribution < 1.29 is 24.2 Å². The molecule has 0 saturated heterocycles. The molecule has 1 heterocycles. The van der Waals surface area contributed by atoms with Gasteiger partial charge in [0.1, 0.15) is 11.8 Å². The highest BCUT2D eigenvalue weighted by molar-refractivity contribution is 9.10. The summed E-state index contributed by atoms with van der Waals surface area (Å²) in [6.45, 7) is 1.24. The number of benzene rings is 1. The van der Waals surface area contributed by atoms with Gasteiger partial charge in [-0.25, -0.2) is 0 Å². The van der Waals surface area contributed by atoms with Crippen molar-refractivity contribution >= 4 is 39.4 Å². The van der Waals surface area contributed by atoms with Crippen LogP contribution in [0.4, 0.5) is 5.69 Å². The van der Waals surface area contributed by atoms with Gasteiger partial charge >= 0.3 is 5.97 Å². The highest BCUT2D eigenvalue weighted by Crippen LogP contribution is 2.33. The monoisotopic (exact) mass is 342 g/mol. The summed E-state index contributed by atoms with van der Waals surface area (Å²) in [7, 11) is 0. The Morgan fingerprint density at radius 2 is 2.20 bits per heavy atom. The number of halogens is 1. The molecule has 0 spiro atoms. The number of amides is 2. The molecule has 1 atom stereocenters. The number of hydrogen-bond donors (Lipinski definition) is 3. The number of ether oxygens (including phenoxy) is 1. The molecule has 106 valence electrons. The van der Waals surface area contributed by atoms with Gasteiger partial charge in [0.05, 0.1) is 11.3 Å². The molecule has 2 rings (SSSR count). The Bertz CT molecular complexity index is 602. The third-order valence-corrected chi connectivity index (χ3v) is 3.32. The van der Waals surface area contributed by atoms with Crippen molar-refractivity contribution in [1.29, 1.82) is 0 Å². The lowest BCUT2D eigenvalue weighted by Crippen LogP contribution is -2.38. The predicted octanol–water partition coefficient (Wildman–Crippen LogP) is 0.983. The van der Waals surface area contributed by atoms with Gasteiger partial charge in [-0.15, -0.1) is 0 Å². The van der Waals surface area contributed by atoms with Crippen molar-refractivity contribution in [2.24, 2.45) is 0 Å². The average Bonchev–Trinajstić information content (AvgIpc) is 2.37. The topological polar surface area (TPSA) is 105 Å². The van der Waals surface area contributed by atoms with E-state index in [-0.39, 0.29) is 18.1 Å². The Hall–Kier alpha value is -2.09. The molecule has 0 aliphatic carbocycles. The number of fused-ring (bicyclic) bond motifs is 1. The first-order valence-electron chi connectivity index (χ1n) is 5.68.